The van der Waals surface area contributed by atoms with Crippen LogP contribution in [0.3, 0.4) is 0 Å². The van der Waals surface area contributed by atoms with E-state index < -0.39 is 0 Å². The van der Waals surface area contributed by atoms with E-state index in [9.17, 15) is 0 Å². The van der Waals surface area contributed by atoms with Gasteiger partial charge in [0.25, 0.3) is 0 Å². The van der Waals surface area contributed by atoms with Crippen molar-refractivity contribution < 1.29 is 23.9 Å². The molecule has 228 valence electrons. The van der Waals surface area contributed by atoms with Crippen LogP contribution in [0.2, 0.25) is 0 Å². The minimum Gasteiger partial charge on any atom is -0.273 e. The number of halogens is 4. The van der Waals surface area contributed by atoms with E-state index in [1.54, 1.807) is 0 Å². The predicted molar refractivity (Wildman–Crippen MR) is 198 cm³/mol. The van der Waals surface area contributed by atoms with Crippen molar-refractivity contribution in [1.29, 1.82) is 0 Å². The summed E-state index contributed by atoms with van der Waals surface area (Å²) < 4.78 is 3.68. The standard InChI is InChI=1S/C21H25.C13H8Br2.C5H5.2ClH.Hf/c1-20(2,3)16-7-9-18-14(12-16)11-15-13-17(21(4,5)6)8-10-19(15)18;14-12-5-1-10(2-6-12)9-11-3-7-13(15)8-4-11;1-2-4-5-3-1;;;/h7-10,12H,11H2,1-6H3;1-8H;1-3H,4H2;2*1H;/q-1;;-1;;;+2. The van der Waals surface area contributed by atoms with Crippen LogP contribution in [0.4, 0.5) is 0 Å². The van der Waals surface area contributed by atoms with Crippen molar-refractivity contribution in [2.24, 2.45) is 0 Å². The Morgan fingerprint density at radius 2 is 1.25 bits per heavy atom. The van der Waals surface area contributed by atoms with Crippen molar-refractivity contribution >= 4 is 59.9 Å². The molecule has 4 aromatic rings. The Morgan fingerprint density at radius 1 is 0.705 bits per heavy atom. The van der Waals surface area contributed by atoms with E-state index in [2.05, 4.69) is 170 Å². The molecular formula is C39H40Br2Cl2Hf. The third-order valence-electron chi connectivity index (χ3n) is 7.32. The molecule has 0 spiro atoms. The number of hydrogen-bond acceptors (Lipinski definition) is 0. The second-order valence-electron chi connectivity index (χ2n) is 12.7. The van der Waals surface area contributed by atoms with Crippen LogP contribution >= 0.6 is 56.7 Å². The summed E-state index contributed by atoms with van der Waals surface area (Å²) in [7, 11) is 0. The number of fused-ring (bicyclic) bond motifs is 3. The summed E-state index contributed by atoms with van der Waals surface area (Å²) in [4.78, 5) is 0. The second kappa shape index (κ2) is 17.0. The molecular weight excluding hydrogens is 878 g/mol. The van der Waals surface area contributed by atoms with E-state index in [1.807, 2.05) is 12.2 Å². The predicted octanol–water partition coefficient (Wildman–Crippen LogP) is 12.1. The van der Waals surface area contributed by atoms with Gasteiger partial charge < -0.3 is 0 Å². The number of allylic oxidation sites excluding steroid dienone is 4. The van der Waals surface area contributed by atoms with E-state index in [0.29, 0.717) is 0 Å². The van der Waals surface area contributed by atoms with Gasteiger partial charge in [0.15, 0.2) is 0 Å². The molecule has 0 saturated carbocycles. The molecule has 0 unspecified atom stereocenters. The molecule has 0 nitrogen and oxygen atoms in total. The summed E-state index contributed by atoms with van der Waals surface area (Å²) in [5, 5.41) is 0. The smallest absolute Gasteiger partial charge is 0.0132 e. The van der Waals surface area contributed by atoms with E-state index in [1.165, 1.54) is 47.8 Å². The monoisotopic (exact) mass is 916 g/mol. The van der Waals surface area contributed by atoms with Gasteiger partial charge in [-0.1, -0.05) is 65.3 Å². The molecule has 0 heterocycles. The van der Waals surface area contributed by atoms with Gasteiger partial charge in [0, 0.05) is 0 Å². The molecule has 6 rings (SSSR count). The average molecular weight is 918 g/mol. The maximum atomic E-state index is 3.67. The van der Waals surface area contributed by atoms with Crippen LogP contribution in [-0.2, 0) is 41.1 Å². The van der Waals surface area contributed by atoms with Gasteiger partial charge in [0.1, 0.15) is 0 Å². The van der Waals surface area contributed by atoms with Crippen molar-refractivity contribution in [1.82, 2.24) is 0 Å². The first-order chi connectivity index (χ1) is 19.8. The molecule has 0 fully saturated rings. The number of rotatable bonds is 2. The summed E-state index contributed by atoms with van der Waals surface area (Å²) in [5.74, 6) is 0. The molecule has 0 N–H and O–H groups in total. The van der Waals surface area contributed by atoms with Gasteiger partial charge >= 0.3 is 128 Å². The minimum atomic E-state index is 0. The van der Waals surface area contributed by atoms with Crippen LogP contribution in [0.25, 0.3) is 11.1 Å². The fraction of sp³-hybridized carbons (Fsp3) is 0.256. The summed E-state index contributed by atoms with van der Waals surface area (Å²) in [6, 6.07) is 32.2. The summed E-state index contributed by atoms with van der Waals surface area (Å²) >= 11 is 7.96. The Bertz CT molecular complexity index is 1490. The van der Waals surface area contributed by atoms with Gasteiger partial charge in [0.05, 0.1) is 0 Å². The molecule has 0 aliphatic heterocycles. The summed E-state index contributed by atoms with van der Waals surface area (Å²) in [5.41, 5.74) is 11.3. The zero-order valence-electron chi connectivity index (χ0n) is 26.2. The average Bonchev–Trinajstić information content (AvgIpc) is 3.64. The zero-order chi connectivity index (χ0) is 30.5. The molecule has 0 radical (unpaired) electrons. The van der Waals surface area contributed by atoms with E-state index >= 15 is 0 Å². The van der Waals surface area contributed by atoms with E-state index in [-0.39, 0.29) is 35.6 Å². The van der Waals surface area contributed by atoms with Gasteiger partial charge in [-0.25, -0.2) is 12.2 Å². The topological polar surface area (TPSA) is 0 Å². The number of hydrogen-bond donors (Lipinski definition) is 0. The quantitative estimate of drug-likeness (QED) is 0.122. The van der Waals surface area contributed by atoms with Gasteiger partial charge in [-0.2, -0.15) is 29.8 Å². The molecule has 2 aliphatic rings. The van der Waals surface area contributed by atoms with Crippen molar-refractivity contribution in [3.05, 3.63) is 152 Å². The molecule has 2 aliphatic carbocycles. The molecule has 0 bridgehead atoms. The maximum absolute atomic E-state index is 3.67. The fourth-order valence-electron chi connectivity index (χ4n) is 4.77. The normalized spacial score (nSPS) is 12.4. The third kappa shape index (κ3) is 10.6. The Kier molecular flexibility index (Phi) is 15.0. The van der Waals surface area contributed by atoms with Crippen molar-refractivity contribution in [3.63, 3.8) is 0 Å². The van der Waals surface area contributed by atoms with Gasteiger partial charge in [-0.3, -0.25) is 6.08 Å². The molecule has 44 heavy (non-hydrogen) atoms. The Morgan fingerprint density at radius 3 is 1.68 bits per heavy atom. The Hall–Kier alpha value is -1.36. The molecule has 0 aromatic heterocycles. The van der Waals surface area contributed by atoms with Crippen LogP contribution in [0, 0.1) is 12.1 Å². The van der Waals surface area contributed by atoms with Crippen molar-refractivity contribution in [2.75, 3.05) is 0 Å². The molecule has 5 heteroatoms. The van der Waals surface area contributed by atoms with Crippen LogP contribution < -0.4 is 0 Å². The second-order valence-corrected chi connectivity index (χ2v) is 16.3. The SMILES string of the molecule is Brc1ccc([C](=[Hf+2])c2ccc(Br)cc2)cc1.CC(C)(C)c1[c-]c2c(cc1)-c1ccc(C(C)(C)C)cc1C2.Cl.Cl.[C-]1=CC=CC1. The zero-order valence-corrected chi connectivity index (χ0v) is 34.6. The molecule has 0 saturated heterocycles. The first kappa shape index (κ1) is 38.8. The largest absolute Gasteiger partial charge is 0.273 e. The molecule has 0 amide bonds. The Labute approximate surface area is 309 Å². The Balaban J connectivity index is 0.000000260. The van der Waals surface area contributed by atoms with Gasteiger partial charge in [-0.05, 0) is 28.4 Å². The minimum absolute atomic E-state index is 0. The molecule has 4 aromatic carbocycles. The van der Waals surface area contributed by atoms with Gasteiger partial charge in [-0.15, -0.1) is 42.4 Å². The molecule has 0 atom stereocenters. The van der Waals surface area contributed by atoms with Crippen molar-refractivity contribution in [3.8, 4) is 11.1 Å². The van der Waals surface area contributed by atoms with Crippen LogP contribution in [0.15, 0.2) is 106 Å². The van der Waals surface area contributed by atoms with Crippen molar-refractivity contribution in [2.45, 2.75) is 65.2 Å². The summed E-state index contributed by atoms with van der Waals surface area (Å²) in [6.45, 7) is 13.6. The fourth-order valence-corrected chi connectivity index (χ4v) is 6.49. The maximum Gasteiger partial charge on any atom is -0.0132 e. The van der Waals surface area contributed by atoms with Crippen LogP contribution in [0.1, 0.15) is 81.3 Å². The van der Waals surface area contributed by atoms with Crippen LogP contribution in [-0.4, -0.2) is 3.26 Å². The third-order valence-corrected chi connectivity index (χ3v) is 10.4. The van der Waals surface area contributed by atoms with Gasteiger partial charge in [0.2, 0.25) is 0 Å². The summed E-state index contributed by atoms with van der Waals surface area (Å²) in [6.07, 6.45) is 11.0. The first-order valence-electron chi connectivity index (χ1n) is 14.3. The van der Waals surface area contributed by atoms with E-state index in [0.717, 1.165) is 45.7 Å². The van der Waals surface area contributed by atoms with E-state index in [4.69, 9.17) is 0 Å². The number of benzene rings is 4. The van der Waals surface area contributed by atoms with Crippen LogP contribution in [0.5, 0.6) is 0 Å². The first-order valence-corrected chi connectivity index (χ1v) is 17.7.